The quantitative estimate of drug-likeness (QED) is 0.351. The molecule has 0 bridgehead atoms. The van der Waals surface area contributed by atoms with E-state index in [1.165, 1.54) is 6.07 Å². The van der Waals surface area contributed by atoms with Gasteiger partial charge in [0.25, 0.3) is 0 Å². The summed E-state index contributed by atoms with van der Waals surface area (Å²) in [6.07, 6.45) is 0. The molecule has 0 amide bonds. The van der Waals surface area contributed by atoms with E-state index in [2.05, 4.69) is 6.58 Å². The van der Waals surface area contributed by atoms with Gasteiger partial charge in [0, 0.05) is 11.9 Å². The fourth-order valence-electron chi connectivity index (χ4n) is 1.47. The van der Waals surface area contributed by atoms with Crippen LogP contribution in [0.2, 0.25) is 0 Å². The van der Waals surface area contributed by atoms with Gasteiger partial charge >= 0.3 is 5.69 Å². The maximum Gasteiger partial charge on any atom is 0.311 e. The maximum absolute atomic E-state index is 10.9. The number of ether oxygens (including phenoxy) is 1. The van der Waals surface area contributed by atoms with Gasteiger partial charge in [-0.2, -0.15) is 0 Å². The van der Waals surface area contributed by atoms with Gasteiger partial charge in [0.1, 0.15) is 6.61 Å². The second-order valence-electron chi connectivity index (χ2n) is 3.86. The lowest BCUT2D eigenvalue weighted by molar-refractivity contribution is -0.385. The molecule has 0 aromatic heterocycles. The predicted molar refractivity (Wildman–Crippen MR) is 67.9 cm³/mol. The zero-order valence-electron chi connectivity index (χ0n) is 9.83. The molecule has 0 radical (unpaired) electrons. The molecule has 0 aliphatic rings. The number of aryl methyl sites for hydroxylation is 2. The number of nitro groups is 1. The highest BCUT2D eigenvalue weighted by Gasteiger charge is 2.18. The van der Waals surface area contributed by atoms with Gasteiger partial charge in [-0.15, -0.1) is 11.6 Å². The minimum absolute atomic E-state index is 0.0233. The van der Waals surface area contributed by atoms with Crippen LogP contribution in [0, 0.1) is 24.0 Å². The van der Waals surface area contributed by atoms with E-state index in [-0.39, 0.29) is 23.9 Å². The summed E-state index contributed by atoms with van der Waals surface area (Å²) in [6, 6.07) is 3.33. The van der Waals surface area contributed by atoms with Crippen LogP contribution >= 0.6 is 11.6 Å². The number of halogens is 1. The number of nitrogens with zero attached hydrogens (tertiary/aromatic N) is 1. The van der Waals surface area contributed by atoms with Gasteiger partial charge in [-0.1, -0.05) is 12.6 Å². The lowest BCUT2D eigenvalue weighted by Gasteiger charge is -2.10. The molecular weight excluding hydrogens is 242 g/mol. The van der Waals surface area contributed by atoms with Crippen molar-refractivity contribution in [1.82, 2.24) is 0 Å². The first-order valence-electron chi connectivity index (χ1n) is 5.06. The number of nitro benzene ring substituents is 1. The molecule has 0 fully saturated rings. The number of hydrogen-bond donors (Lipinski definition) is 0. The Morgan fingerprint density at radius 1 is 1.53 bits per heavy atom. The first-order chi connectivity index (χ1) is 7.95. The van der Waals surface area contributed by atoms with E-state index in [4.69, 9.17) is 16.3 Å². The van der Waals surface area contributed by atoms with Crippen LogP contribution in [-0.4, -0.2) is 17.4 Å². The van der Waals surface area contributed by atoms with E-state index in [0.717, 1.165) is 11.1 Å². The summed E-state index contributed by atoms with van der Waals surface area (Å²) in [6.45, 7) is 7.46. The number of benzene rings is 1. The van der Waals surface area contributed by atoms with E-state index in [9.17, 15) is 10.1 Å². The molecule has 17 heavy (non-hydrogen) atoms. The van der Waals surface area contributed by atoms with Crippen molar-refractivity contribution < 1.29 is 9.66 Å². The average molecular weight is 256 g/mol. The monoisotopic (exact) mass is 255 g/mol. The van der Waals surface area contributed by atoms with Crippen molar-refractivity contribution in [2.75, 3.05) is 12.5 Å². The SMILES string of the molecule is C=C(CCl)COc1c(C)cc(C)cc1[N+](=O)[O-]. The Hall–Kier alpha value is -1.55. The van der Waals surface area contributed by atoms with Gasteiger partial charge < -0.3 is 4.74 Å². The second kappa shape index (κ2) is 5.68. The lowest BCUT2D eigenvalue weighted by Crippen LogP contribution is -2.05. The van der Waals surface area contributed by atoms with Crippen LogP contribution in [0.15, 0.2) is 24.3 Å². The van der Waals surface area contributed by atoms with E-state index in [0.29, 0.717) is 5.57 Å². The van der Waals surface area contributed by atoms with Crippen LogP contribution in [0.3, 0.4) is 0 Å². The molecule has 0 spiro atoms. The Morgan fingerprint density at radius 3 is 2.71 bits per heavy atom. The van der Waals surface area contributed by atoms with Crippen LogP contribution in [0.4, 0.5) is 5.69 Å². The Balaban J connectivity index is 3.04. The summed E-state index contributed by atoms with van der Waals surface area (Å²) in [4.78, 5) is 10.5. The number of alkyl halides is 1. The lowest BCUT2D eigenvalue weighted by atomic mass is 10.1. The summed E-state index contributed by atoms with van der Waals surface area (Å²) in [5.41, 5.74) is 2.22. The summed E-state index contributed by atoms with van der Waals surface area (Å²) in [7, 11) is 0. The van der Waals surface area contributed by atoms with E-state index in [1.807, 2.05) is 13.0 Å². The van der Waals surface area contributed by atoms with Gasteiger partial charge in [-0.25, -0.2) is 0 Å². The van der Waals surface area contributed by atoms with Crippen molar-refractivity contribution in [3.05, 3.63) is 45.5 Å². The third-order valence-electron chi connectivity index (χ3n) is 2.21. The standard InChI is InChI=1S/C12H14ClNO3/c1-8-4-10(3)12(11(5-8)14(15)16)17-7-9(2)6-13/h4-5H,2,6-7H2,1,3H3. The molecule has 0 aliphatic carbocycles. The minimum Gasteiger partial charge on any atom is -0.482 e. The average Bonchev–Trinajstić information content (AvgIpc) is 2.26. The van der Waals surface area contributed by atoms with E-state index in [1.54, 1.807) is 6.92 Å². The maximum atomic E-state index is 10.9. The molecule has 1 aromatic carbocycles. The van der Waals surface area contributed by atoms with Crippen molar-refractivity contribution in [3.8, 4) is 5.75 Å². The smallest absolute Gasteiger partial charge is 0.311 e. The van der Waals surface area contributed by atoms with Crippen LogP contribution in [0.5, 0.6) is 5.75 Å². The summed E-state index contributed by atoms with van der Waals surface area (Å²) < 4.78 is 5.41. The van der Waals surface area contributed by atoms with E-state index < -0.39 is 4.92 Å². The molecule has 0 heterocycles. The van der Waals surface area contributed by atoms with Crippen molar-refractivity contribution >= 4 is 17.3 Å². The van der Waals surface area contributed by atoms with Crippen molar-refractivity contribution in [1.29, 1.82) is 0 Å². The van der Waals surface area contributed by atoms with Crippen LogP contribution in [-0.2, 0) is 0 Å². The highest BCUT2D eigenvalue weighted by atomic mass is 35.5. The molecule has 1 rings (SSSR count). The third kappa shape index (κ3) is 3.46. The highest BCUT2D eigenvalue weighted by molar-refractivity contribution is 6.19. The fraction of sp³-hybridized carbons (Fsp3) is 0.333. The van der Waals surface area contributed by atoms with Crippen LogP contribution < -0.4 is 4.74 Å². The fourth-order valence-corrected chi connectivity index (χ4v) is 1.55. The predicted octanol–water partition coefficient (Wildman–Crippen LogP) is 3.39. The van der Waals surface area contributed by atoms with Gasteiger partial charge in [-0.05, 0) is 30.5 Å². The Kier molecular flexibility index (Phi) is 4.52. The Morgan fingerprint density at radius 2 is 2.18 bits per heavy atom. The van der Waals surface area contributed by atoms with Gasteiger partial charge in [-0.3, -0.25) is 10.1 Å². The molecule has 5 heteroatoms. The molecule has 0 atom stereocenters. The van der Waals surface area contributed by atoms with Crippen molar-refractivity contribution in [2.45, 2.75) is 13.8 Å². The van der Waals surface area contributed by atoms with Crippen LogP contribution in [0.25, 0.3) is 0 Å². The molecule has 0 unspecified atom stereocenters. The molecule has 92 valence electrons. The first-order valence-corrected chi connectivity index (χ1v) is 5.60. The zero-order chi connectivity index (χ0) is 13.0. The minimum atomic E-state index is -0.446. The molecule has 1 aromatic rings. The molecule has 4 nitrogen and oxygen atoms in total. The summed E-state index contributed by atoms with van der Waals surface area (Å²) in [5, 5.41) is 10.9. The van der Waals surface area contributed by atoms with E-state index >= 15 is 0 Å². The summed E-state index contributed by atoms with van der Waals surface area (Å²) in [5.74, 6) is 0.561. The topological polar surface area (TPSA) is 52.4 Å². The Labute approximate surface area is 105 Å². The van der Waals surface area contributed by atoms with Gasteiger partial charge in [0.2, 0.25) is 0 Å². The largest absolute Gasteiger partial charge is 0.482 e. The Bertz CT molecular complexity index is 457. The number of rotatable bonds is 5. The summed E-state index contributed by atoms with van der Waals surface area (Å²) >= 11 is 5.57. The number of hydrogen-bond acceptors (Lipinski definition) is 3. The van der Waals surface area contributed by atoms with Crippen LogP contribution in [0.1, 0.15) is 11.1 Å². The molecule has 0 aliphatic heterocycles. The normalized spacial score (nSPS) is 10.1. The first kappa shape index (κ1) is 13.5. The van der Waals surface area contributed by atoms with Gasteiger partial charge in [0.05, 0.1) is 4.92 Å². The highest BCUT2D eigenvalue weighted by Crippen LogP contribution is 2.32. The third-order valence-corrected chi connectivity index (χ3v) is 2.58. The second-order valence-corrected chi connectivity index (χ2v) is 4.13. The molecule has 0 saturated heterocycles. The zero-order valence-corrected chi connectivity index (χ0v) is 10.6. The molecule has 0 N–H and O–H groups in total. The van der Waals surface area contributed by atoms with Gasteiger partial charge in [0.15, 0.2) is 5.75 Å². The van der Waals surface area contributed by atoms with Crippen molar-refractivity contribution in [3.63, 3.8) is 0 Å². The molecule has 0 saturated carbocycles. The molecular formula is C12H14ClNO3. The van der Waals surface area contributed by atoms with Crippen molar-refractivity contribution in [2.24, 2.45) is 0 Å².